The van der Waals surface area contributed by atoms with Crippen molar-refractivity contribution in [2.45, 2.75) is 12.8 Å². The zero-order valence-electron chi connectivity index (χ0n) is 14.7. The minimum atomic E-state index is -0.120. The first-order valence-corrected chi connectivity index (χ1v) is 8.54. The van der Waals surface area contributed by atoms with Crippen LogP contribution >= 0.6 is 12.4 Å². The molecular formula is C18H28ClN3O3. The van der Waals surface area contributed by atoms with Crippen molar-refractivity contribution in [1.82, 2.24) is 15.5 Å². The maximum atomic E-state index is 12.5. The van der Waals surface area contributed by atoms with E-state index >= 15 is 0 Å². The summed E-state index contributed by atoms with van der Waals surface area (Å²) in [7, 11) is 1.66. The molecule has 1 aliphatic heterocycles. The molecule has 2 N–H and O–H groups in total. The zero-order chi connectivity index (χ0) is 17.2. The fourth-order valence-electron chi connectivity index (χ4n) is 2.86. The number of nitrogens with one attached hydrogen (secondary N) is 2. The van der Waals surface area contributed by atoms with Gasteiger partial charge in [0.05, 0.1) is 12.5 Å². The molecule has 2 rings (SSSR count). The number of halogens is 1. The summed E-state index contributed by atoms with van der Waals surface area (Å²) < 4.78 is 4.95. The second-order valence-electron chi connectivity index (χ2n) is 5.99. The average Bonchev–Trinajstić information content (AvgIpc) is 2.64. The van der Waals surface area contributed by atoms with Crippen LogP contribution in [0.4, 0.5) is 0 Å². The summed E-state index contributed by atoms with van der Waals surface area (Å²) in [5, 5.41) is 6.14. The van der Waals surface area contributed by atoms with Gasteiger partial charge in [-0.15, -0.1) is 12.4 Å². The highest BCUT2D eigenvalue weighted by molar-refractivity contribution is 5.94. The molecule has 1 aromatic rings. The molecule has 6 nitrogen and oxygen atoms in total. The predicted molar refractivity (Wildman–Crippen MR) is 100 cm³/mol. The van der Waals surface area contributed by atoms with Crippen molar-refractivity contribution in [3.8, 4) is 0 Å². The van der Waals surface area contributed by atoms with Crippen molar-refractivity contribution in [3.05, 3.63) is 35.9 Å². The number of piperidine rings is 1. The Morgan fingerprint density at radius 3 is 2.68 bits per heavy atom. The molecule has 140 valence electrons. The first-order chi connectivity index (χ1) is 11.7. The number of hydrogen-bond donors (Lipinski definition) is 2. The highest BCUT2D eigenvalue weighted by Gasteiger charge is 2.28. The van der Waals surface area contributed by atoms with Gasteiger partial charge in [0.15, 0.2) is 0 Å². The van der Waals surface area contributed by atoms with Gasteiger partial charge in [-0.25, -0.2) is 0 Å². The Balaban J connectivity index is 0.00000312. The standard InChI is InChI=1S/C18H27N3O3.ClH/c1-24-13-11-19-9-10-20-17(22)16-8-5-12-21(14-16)18(23)15-6-3-2-4-7-15;/h2-4,6-7,16,19H,5,8-14H2,1H3,(H,20,22);1H. The van der Waals surface area contributed by atoms with Gasteiger partial charge in [0.2, 0.25) is 5.91 Å². The third-order valence-corrected chi connectivity index (χ3v) is 4.18. The van der Waals surface area contributed by atoms with Gasteiger partial charge in [-0.3, -0.25) is 9.59 Å². The van der Waals surface area contributed by atoms with Crippen LogP contribution in [0.5, 0.6) is 0 Å². The first kappa shape index (κ1) is 21.4. The van der Waals surface area contributed by atoms with Crippen LogP contribution < -0.4 is 10.6 Å². The van der Waals surface area contributed by atoms with Crippen LogP contribution in [-0.4, -0.2) is 63.2 Å². The average molecular weight is 370 g/mol. The first-order valence-electron chi connectivity index (χ1n) is 8.54. The van der Waals surface area contributed by atoms with E-state index in [-0.39, 0.29) is 30.1 Å². The molecule has 1 saturated heterocycles. The zero-order valence-corrected chi connectivity index (χ0v) is 15.5. The Kier molecular flexibility index (Phi) is 10.1. The lowest BCUT2D eigenvalue weighted by Crippen LogP contribution is -2.46. The minimum absolute atomic E-state index is 0. The molecule has 1 heterocycles. The molecule has 7 heteroatoms. The molecule has 0 aromatic heterocycles. The number of hydrogen-bond acceptors (Lipinski definition) is 4. The summed E-state index contributed by atoms with van der Waals surface area (Å²) in [6.45, 7) is 3.95. The summed E-state index contributed by atoms with van der Waals surface area (Å²) in [5.74, 6) is -0.0752. The number of nitrogens with zero attached hydrogens (tertiary/aromatic N) is 1. The van der Waals surface area contributed by atoms with Gasteiger partial charge in [-0.2, -0.15) is 0 Å². The monoisotopic (exact) mass is 369 g/mol. The lowest BCUT2D eigenvalue weighted by Gasteiger charge is -2.32. The number of amides is 2. The van der Waals surface area contributed by atoms with E-state index in [0.717, 1.165) is 25.9 Å². The van der Waals surface area contributed by atoms with Crippen LogP contribution in [0.3, 0.4) is 0 Å². The number of rotatable bonds is 8. The third kappa shape index (κ3) is 7.02. The second-order valence-corrected chi connectivity index (χ2v) is 5.99. The molecule has 1 aliphatic rings. The fraction of sp³-hybridized carbons (Fsp3) is 0.556. The lowest BCUT2D eigenvalue weighted by molar-refractivity contribution is -0.126. The van der Waals surface area contributed by atoms with Gasteiger partial charge < -0.3 is 20.3 Å². The van der Waals surface area contributed by atoms with Gasteiger partial charge >= 0.3 is 0 Å². The van der Waals surface area contributed by atoms with E-state index in [2.05, 4.69) is 10.6 Å². The Hall–Kier alpha value is -1.63. The number of methoxy groups -OCH3 is 1. The van der Waals surface area contributed by atoms with E-state index < -0.39 is 0 Å². The van der Waals surface area contributed by atoms with Crippen LogP contribution in [0.2, 0.25) is 0 Å². The Labute approximate surface area is 155 Å². The number of carbonyl (C=O) groups is 2. The SMILES string of the molecule is COCCNCCNC(=O)C1CCCN(C(=O)c2ccccc2)C1.Cl. The predicted octanol–water partition coefficient (Wildman–Crippen LogP) is 1.31. The van der Waals surface area contributed by atoms with E-state index in [4.69, 9.17) is 4.74 Å². The van der Waals surface area contributed by atoms with Gasteiger partial charge in [0.25, 0.3) is 5.91 Å². The van der Waals surface area contributed by atoms with Gasteiger partial charge in [-0.05, 0) is 25.0 Å². The largest absolute Gasteiger partial charge is 0.383 e. The summed E-state index contributed by atoms with van der Waals surface area (Å²) in [4.78, 5) is 26.6. The van der Waals surface area contributed by atoms with Crippen molar-refractivity contribution in [2.75, 3.05) is 46.4 Å². The number of likely N-dealkylation sites (tertiary alicyclic amines) is 1. The van der Waals surface area contributed by atoms with Gasteiger partial charge in [-0.1, -0.05) is 18.2 Å². The molecule has 1 unspecified atom stereocenters. The Bertz CT molecular complexity index is 528. The third-order valence-electron chi connectivity index (χ3n) is 4.18. The molecule has 1 atom stereocenters. The molecule has 0 aliphatic carbocycles. The normalized spacial score (nSPS) is 16.8. The Morgan fingerprint density at radius 1 is 1.20 bits per heavy atom. The fourth-order valence-corrected chi connectivity index (χ4v) is 2.86. The number of carbonyl (C=O) groups excluding carboxylic acids is 2. The van der Waals surface area contributed by atoms with Crippen LogP contribution in [0.15, 0.2) is 30.3 Å². The molecular weight excluding hydrogens is 342 g/mol. The van der Waals surface area contributed by atoms with Crippen molar-refractivity contribution in [2.24, 2.45) is 5.92 Å². The molecule has 2 amide bonds. The summed E-state index contributed by atoms with van der Waals surface area (Å²) in [6.07, 6.45) is 1.70. The summed E-state index contributed by atoms with van der Waals surface area (Å²) in [6, 6.07) is 9.25. The smallest absolute Gasteiger partial charge is 0.253 e. The topological polar surface area (TPSA) is 70.7 Å². The quantitative estimate of drug-likeness (QED) is 0.678. The molecule has 0 radical (unpaired) electrons. The van der Waals surface area contributed by atoms with Gasteiger partial charge in [0.1, 0.15) is 0 Å². The van der Waals surface area contributed by atoms with Crippen LogP contribution in [0.1, 0.15) is 23.2 Å². The van der Waals surface area contributed by atoms with E-state index in [0.29, 0.717) is 31.8 Å². The van der Waals surface area contributed by atoms with E-state index in [1.54, 1.807) is 12.0 Å². The highest BCUT2D eigenvalue weighted by Crippen LogP contribution is 2.18. The minimum Gasteiger partial charge on any atom is -0.383 e. The van der Waals surface area contributed by atoms with E-state index in [9.17, 15) is 9.59 Å². The van der Waals surface area contributed by atoms with Crippen molar-refractivity contribution < 1.29 is 14.3 Å². The highest BCUT2D eigenvalue weighted by atomic mass is 35.5. The van der Waals surface area contributed by atoms with Crippen molar-refractivity contribution in [1.29, 1.82) is 0 Å². The molecule has 25 heavy (non-hydrogen) atoms. The van der Waals surface area contributed by atoms with Crippen molar-refractivity contribution >= 4 is 24.2 Å². The lowest BCUT2D eigenvalue weighted by atomic mass is 9.96. The molecule has 1 aromatic carbocycles. The van der Waals surface area contributed by atoms with Crippen molar-refractivity contribution in [3.63, 3.8) is 0 Å². The molecule has 0 spiro atoms. The van der Waals surface area contributed by atoms with E-state index in [1.165, 1.54) is 0 Å². The molecule has 0 bridgehead atoms. The Morgan fingerprint density at radius 2 is 1.96 bits per heavy atom. The van der Waals surface area contributed by atoms with Crippen LogP contribution in [0.25, 0.3) is 0 Å². The molecule has 0 saturated carbocycles. The molecule has 1 fully saturated rings. The van der Waals surface area contributed by atoms with Crippen LogP contribution in [0, 0.1) is 5.92 Å². The van der Waals surface area contributed by atoms with Crippen LogP contribution in [-0.2, 0) is 9.53 Å². The maximum Gasteiger partial charge on any atom is 0.253 e. The maximum absolute atomic E-state index is 12.5. The number of ether oxygens (including phenoxy) is 1. The van der Waals surface area contributed by atoms with Gasteiger partial charge in [0, 0.05) is 45.4 Å². The summed E-state index contributed by atoms with van der Waals surface area (Å²) >= 11 is 0. The van der Waals surface area contributed by atoms with E-state index in [1.807, 2.05) is 30.3 Å². The number of benzene rings is 1. The summed E-state index contributed by atoms with van der Waals surface area (Å²) in [5.41, 5.74) is 0.681. The second kappa shape index (κ2) is 11.8.